The van der Waals surface area contributed by atoms with Gasteiger partial charge in [-0.15, -0.1) is 0 Å². The molecule has 0 atom stereocenters. The summed E-state index contributed by atoms with van der Waals surface area (Å²) in [5.74, 6) is -0.191. The number of benzene rings is 3. The van der Waals surface area contributed by atoms with Crippen molar-refractivity contribution >= 4 is 34.3 Å². The van der Waals surface area contributed by atoms with Crippen LogP contribution in [0, 0.1) is 0 Å². The number of hydrogen-bond donors (Lipinski definition) is 2. The molecule has 0 fully saturated rings. The number of nitrogens with two attached hydrogens (primary N) is 1. The molecule has 0 saturated heterocycles. The zero-order valence-corrected chi connectivity index (χ0v) is 16.6. The van der Waals surface area contributed by atoms with Crippen LogP contribution in [-0.4, -0.2) is 21.8 Å². The van der Waals surface area contributed by atoms with E-state index in [1.54, 1.807) is 24.3 Å². The first kappa shape index (κ1) is 20.0. The number of nitrogen functional groups attached to an aromatic ring is 1. The molecule has 1 aromatic heterocycles. The predicted molar refractivity (Wildman–Crippen MR) is 118 cm³/mol. The summed E-state index contributed by atoms with van der Waals surface area (Å²) in [4.78, 5) is 33.7. The van der Waals surface area contributed by atoms with Crippen LogP contribution in [0.1, 0.15) is 21.7 Å². The molecular formula is C24H20N4O3. The van der Waals surface area contributed by atoms with Crippen LogP contribution in [0.2, 0.25) is 0 Å². The van der Waals surface area contributed by atoms with Gasteiger partial charge >= 0.3 is 5.97 Å². The van der Waals surface area contributed by atoms with E-state index in [4.69, 9.17) is 10.5 Å². The summed E-state index contributed by atoms with van der Waals surface area (Å²) in [6.45, 7) is -0.139. The Morgan fingerprint density at radius 1 is 0.871 bits per heavy atom. The summed E-state index contributed by atoms with van der Waals surface area (Å²) < 4.78 is 5.39. The third kappa shape index (κ3) is 4.84. The fourth-order valence-electron chi connectivity index (χ4n) is 3.17. The van der Waals surface area contributed by atoms with Gasteiger partial charge < -0.3 is 15.8 Å². The third-order valence-electron chi connectivity index (χ3n) is 4.64. The number of carbonyl (C=O) groups excluding carboxylic acids is 2. The molecule has 0 aliphatic carbocycles. The molecule has 3 N–H and O–H groups in total. The average Bonchev–Trinajstić information content (AvgIpc) is 2.78. The van der Waals surface area contributed by atoms with Crippen molar-refractivity contribution in [1.82, 2.24) is 9.97 Å². The van der Waals surface area contributed by atoms with Gasteiger partial charge in [-0.1, -0.05) is 54.6 Å². The van der Waals surface area contributed by atoms with E-state index in [-0.39, 0.29) is 24.5 Å². The molecule has 4 rings (SSSR count). The van der Waals surface area contributed by atoms with Gasteiger partial charge in [0.05, 0.1) is 23.2 Å². The Kier molecular flexibility index (Phi) is 5.84. The standard InChI is InChI=1S/C24H20N4O3/c25-23-17-10-4-6-12-19(17)26-21(28-23)15-31-24(30)18-11-5-7-13-20(18)27-22(29)14-16-8-2-1-3-9-16/h1-13H,14-15H2,(H,27,29)(H2,25,26,28). The fraction of sp³-hybridized carbons (Fsp3) is 0.0833. The lowest BCUT2D eigenvalue weighted by Crippen LogP contribution is -2.17. The van der Waals surface area contributed by atoms with Gasteiger partial charge in [-0.3, -0.25) is 4.79 Å². The minimum atomic E-state index is -0.592. The van der Waals surface area contributed by atoms with E-state index in [9.17, 15) is 9.59 Å². The van der Waals surface area contributed by atoms with Gasteiger partial charge in [-0.05, 0) is 29.8 Å². The SMILES string of the molecule is Nc1nc(COC(=O)c2ccccc2NC(=O)Cc2ccccc2)nc2ccccc12. The van der Waals surface area contributed by atoms with E-state index < -0.39 is 5.97 Å². The number of nitrogens with one attached hydrogen (secondary N) is 1. The maximum atomic E-state index is 12.7. The van der Waals surface area contributed by atoms with Crippen molar-refractivity contribution in [1.29, 1.82) is 0 Å². The second kappa shape index (κ2) is 9.04. The van der Waals surface area contributed by atoms with Gasteiger partial charge in [-0.2, -0.15) is 0 Å². The molecule has 3 aromatic carbocycles. The second-order valence-corrected chi connectivity index (χ2v) is 6.87. The van der Waals surface area contributed by atoms with Gasteiger partial charge in [0.1, 0.15) is 5.82 Å². The van der Waals surface area contributed by atoms with Gasteiger partial charge in [0.25, 0.3) is 0 Å². The largest absolute Gasteiger partial charge is 0.454 e. The normalized spacial score (nSPS) is 10.6. The highest BCUT2D eigenvalue weighted by molar-refractivity contribution is 6.01. The summed E-state index contributed by atoms with van der Waals surface area (Å²) in [6.07, 6.45) is 0.203. The number of amides is 1. The van der Waals surface area contributed by atoms with Gasteiger partial charge in [0.2, 0.25) is 5.91 Å². The molecule has 0 spiro atoms. The summed E-state index contributed by atoms with van der Waals surface area (Å²) >= 11 is 0. The van der Waals surface area contributed by atoms with Gasteiger partial charge in [0, 0.05) is 5.39 Å². The van der Waals surface area contributed by atoms with E-state index in [1.165, 1.54) is 0 Å². The highest BCUT2D eigenvalue weighted by Gasteiger charge is 2.16. The highest BCUT2D eigenvalue weighted by atomic mass is 16.5. The second-order valence-electron chi connectivity index (χ2n) is 6.87. The van der Waals surface area contributed by atoms with Crippen LogP contribution in [0.3, 0.4) is 0 Å². The summed E-state index contributed by atoms with van der Waals surface area (Å²) in [7, 11) is 0. The van der Waals surface area contributed by atoms with E-state index >= 15 is 0 Å². The van der Waals surface area contributed by atoms with Crippen LogP contribution in [0.25, 0.3) is 10.9 Å². The Hall–Kier alpha value is -4.26. The first-order valence-corrected chi connectivity index (χ1v) is 9.71. The number of ether oxygens (including phenoxy) is 1. The van der Waals surface area contributed by atoms with Crippen molar-refractivity contribution in [2.45, 2.75) is 13.0 Å². The number of aromatic nitrogens is 2. The van der Waals surface area contributed by atoms with E-state index in [0.29, 0.717) is 22.8 Å². The monoisotopic (exact) mass is 412 g/mol. The number of esters is 1. The topological polar surface area (TPSA) is 107 Å². The van der Waals surface area contributed by atoms with Gasteiger partial charge in [-0.25, -0.2) is 14.8 Å². The molecule has 0 bridgehead atoms. The molecule has 0 unspecified atom stereocenters. The number of anilines is 2. The number of rotatable bonds is 6. The van der Waals surface area contributed by atoms with Crippen LogP contribution < -0.4 is 11.1 Å². The van der Waals surface area contributed by atoms with Crippen LogP contribution in [0.15, 0.2) is 78.9 Å². The fourth-order valence-corrected chi connectivity index (χ4v) is 3.17. The Labute approximate surface area is 178 Å². The smallest absolute Gasteiger partial charge is 0.340 e. The van der Waals surface area contributed by atoms with Crippen LogP contribution in [0.5, 0.6) is 0 Å². The summed E-state index contributed by atoms with van der Waals surface area (Å²) in [5, 5.41) is 3.52. The van der Waals surface area contributed by atoms with Crippen molar-refractivity contribution in [2.75, 3.05) is 11.1 Å². The third-order valence-corrected chi connectivity index (χ3v) is 4.64. The Morgan fingerprint density at radius 3 is 2.42 bits per heavy atom. The molecule has 1 heterocycles. The van der Waals surface area contributed by atoms with Crippen LogP contribution in [0.4, 0.5) is 11.5 Å². The first-order chi connectivity index (χ1) is 15.1. The minimum absolute atomic E-state index is 0.139. The number of nitrogens with zero attached hydrogens (tertiary/aromatic N) is 2. The molecule has 0 radical (unpaired) electrons. The lowest BCUT2D eigenvalue weighted by molar-refractivity contribution is -0.115. The number of hydrogen-bond acceptors (Lipinski definition) is 6. The lowest BCUT2D eigenvalue weighted by atomic mass is 10.1. The molecule has 0 aliphatic rings. The molecule has 31 heavy (non-hydrogen) atoms. The average molecular weight is 412 g/mol. The van der Waals surface area contributed by atoms with E-state index in [1.807, 2.05) is 54.6 Å². The molecule has 154 valence electrons. The quantitative estimate of drug-likeness (QED) is 0.467. The molecule has 1 amide bonds. The van der Waals surface area contributed by atoms with E-state index in [0.717, 1.165) is 10.9 Å². The predicted octanol–water partition coefficient (Wildman–Crippen LogP) is 3.75. The molecule has 0 aliphatic heterocycles. The Morgan fingerprint density at radius 2 is 1.58 bits per heavy atom. The zero-order valence-electron chi connectivity index (χ0n) is 16.6. The van der Waals surface area contributed by atoms with Crippen LogP contribution in [-0.2, 0) is 22.6 Å². The Bertz CT molecular complexity index is 1240. The number of para-hydroxylation sites is 2. The number of carbonyl (C=O) groups is 2. The van der Waals surface area contributed by atoms with Crippen molar-refractivity contribution in [3.8, 4) is 0 Å². The first-order valence-electron chi connectivity index (χ1n) is 9.71. The highest BCUT2D eigenvalue weighted by Crippen LogP contribution is 2.19. The summed E-state index contributed by atoms with van der Waals surface area (Å²) in [5.41, 5.74) is 8.16. The molecule has 7 heteroatoms. The maximum Gasteiger partial charge on any atom is 0.340 e. The van der Waals surface area contributed by atoms with Gasteiger partial charge in [0.15, 0.2) is 12.4 Å². The molecule has 4 aromatic rings. The molecule has 7 nitrogen and oxygen atoms in total. The molecular weight excluding hydrogens is 392 g/mol. The van der Waals surface area contributed by atoms with E-state index in [2.05, 4.69) is 15.3 Å². The lowest BCUT2D eigenvalue weighted by Gasteiger charge is -2.11. The van der Waals surface area contributed by atoms with Crippen molar-refractivity contribution in [3.63, 3.8) is 0 Å². The Balaban J connectivity index is 1.45. The van der Waals surface area contributed by atoms with Crippen molar-refractivity contribution in [2.24, 2.45) is 0 Å². The summed E-state index contributed by atoms with van der Waals surface area (Å²) in [6, 6.07) is 23.4. The molecule has 0 saturated carbocycles. The minimum Gasteiger partial charge on any atom is -0.454 e. The zero-order chi connectivity index (χ0) is 21.6. The van der Waals surface area contributed by atoms with Crippen molar-refractivity contribution in [3.05, 3.63) is 95.8 Å². The maximum absolute atomic E-state index is 12.7. The number of fused-ring (bicyclic) bond motifs is 1. The van der Waals surface area contributed by atoms with Crippen molar-refractivity contribution < 1.29 is 14.3 Å². The van der Waals surface area contributed by atoms with Crippen LogP contribution >= 0.6 is 0 Å².